The molecule has 0 aromatic carbocycles. The SMILES string of the molecule is CC/C=C\C/C=C\C/C=C\C/C=C\C/C=C\CCCC(=O)OC(COCCCCCCCC/C=C\CCCCCCCCC)COP(=O)(O)OC1C(O)C(O)C(O)C(O)C1O. The van der Waals surface area contributed by atoms with E-state index in [9.17, 15) is 39.8 Å². The molecule has 0 heterocycles. The van der Waals surface area contributed by atoms with Crippen LogP contribution in [0.3, 0.4) is 0 Å². The molecule has 0 radical (unpaired) electrons. The fraction of sp³-hybridized carbons (Fsp3) is 0.729. The summed E-state index contributed by atoms with van der Waals surface area (Å²) in [6.45, 7) is 4.06. The minimum atomic E-state index is -5.04. The molecule has 0 saturated heterocycles. The Kier molecular flexibility index (Phi) is 35.6. The average Bonchev–Trinajstić information content (AvgIpc) is 3.24. The van der Waals surface area contributed by atoms with Crippen molar-refractivity contribution in [2.45, 2.75) is 204 Å². The molecule has 1 aliphatic rings. The van der Waals surface area contributed by atoms with Crippen LogP contribution < -0.4 is 0 Å². The number of rotatable bonds is 38. The van der Waals surface area contributed by atoms with Crippen molar-refractivity contribution in [3.8, 4) is 0 Å². The van der Waals surface area contributed by atoms with Crippen molar-refractivity contribution in [2.75, 3.05) is 19.8 Å². The molecule has 1 fully saturated rings. The van der Waals surface area contributed by atoms with E-state index >= 15 is 0 Å². The molecule has 61 heavy (non-hydrogen) atoms. The van der Waals surface area contributed by atoms with E-state index in [1.807, 2.05) is 12.2 Å². The first-order chi connectivity index (χ1) is 29.5. The molecule has 13 heteroatoms. The third-order valence-electron chi connectivity index (χ3n) is 10.3. The number of ether oxygens (including phenoxy) is 2. The van der Waals surface area contributed by atoms with Gasteiger partial charge in [-0.3, -0.25) is 13.8 Å². The average molecular weight is 883 g/mol. The summed E-state index contributed by atoms with van der Waals surface area (Å²) in [4.78, 5) is 23.1. The zero-order chi connectivity index (χ0) is 44.8. The van der Waals surface area contributed by atoms with Gasteiger partial charge in [0.25, 0.3) is 0 Å². The van der Waals surface area contributed by atoms with Crippen LogP contribution in [0.25, 0.3) is 0 Å². The fourth-order valence-electron chi connectivity index (χ4n) is 6.62. The number of phosphoric acid groups is 1. The predicted octanol–water partition coefficient (Wildman–Crippen LogP) is 9.58. The summed E-state index contributed by atoms with van der Waals surface area (Å²) in [6.07, 6.45) is 36.9. The van der Waals surface area contributed by atoms with Crippen LogP contribution in [-0.2, 0) is 27.9 Å². The summed E-state index contributed by atoms with van der Waals surface area (Å²) < 4.78 is 34.1. The Labute approximate surface area is 368 Å². The smallest absolute Gasteiger partial charge is 0.457 e. The lowest BCUT2D eigenvalue weighted by atomic mass is 9.85. The van der Waals surface area contributed by atoms with E-state index in [1.54, 1.807) is 0 Å². The minimum Gasteiger partial charge on any atom is -0.457 e. The Balaban J connectivity index is 2.45. The Bertz CT molecular complexity index is 1280. The number of unbranched alkanes of at least 4 members (excludes halogenated alkanes) is 14. The number of hydrogen-bond donors (Lipinski definition) is 6. The molecule has 0 aromatic rings. The maximum absolute atomic E-state index is 12.8. The highest BCUT2D eigenvalue weighted by Gasteiger charge is 2.51. The van der Waals surface area contributed by atoms with E-state index in [-0.39, 0.29) is 13.0 Å². The van der Waals surface area contributed by atoms with Gasteiger partial charge in [-0.15, -0.1) is 0 Å². The van der Waals surface area contributed by atoms with Gasteiger partial charge in [0.05, 0.1) is 13.2 Å². The molecule has 0 bridgehead atoms. The number of allylic oxidation sites excluding steroid dienone is 12. The normalized spacial score (nSPS) is 22.8. The van der Waals surface area contributed by atoms with Crippen LogP contribution in [0, 0.1) is 0 Å². The second-order valence-electron chi connectivity index (χ2n) is 15.9. The molecule has 1 rings (SSSR count). The van der Waals surface area contributed by atoms with Gasteiger partial charge in [-0.05, 0) is 77.0 Å². The Morgan fingerprint density at radius 3 is 1.49 bits per heavy atom. The molecule has 1 saturated carbocycles. The topological polar surface area (TPSA) is 192 Å². The van der Waals surface area contributed by atoms with Gasteiger partial charge in [0.15, 0.2) is 0 Å². The molecule has 0 spiro atoms. The Morgan fingerprint density at radius 2 is 0.967 bits per heavy atom. The molecule has 6 unspecified atom stereocenters. The standard InChI is InChI=1S/C48H83O12P/c1-3-5-7-9-11-13-15-17-19-21-23-25-27-29-31-33-35-37-42(49)59-41(40-58-61(55,56)60-48-46(53)44(51)43(50)45(52)47(48)54)39-57-38-36-34-32-30-28-26-24-22-20-18-16-14-12-10-8-6-4-2/h5,7,11,13,17,19-20,22-23,25,29,31,41,43-48,50-54H,3-4,6,8-10,12,14-16,18,21,24,26-28,30,32-40H2,1-2H3,(H,55,56)/b7-5-,13-11-,19-17-,22-20-,25-23-,31-29-. The van der Waals surface area contributed by atoms with Crippen LogP contribution in [0.2, 0.25) is 0 Å². The van der Waals surface area contributed by atoms with Crippen molar-refractivity contribution in [3.05, 3.63) is 72.9 Å². The quantitative estimate of drug-likeness (QED) is 0.0149. The van der Waals surface area contributed by atoms with Crippen molar-refractivity contribution in [1.82, 2.24) is 0 Å². The van der Waals surface area contributed by atoms with E-state index in [2.05, 4.69) is 74.6 Å². The molecule has 0 aliphatic heterocycles. The molecule has 0 aromatic heterocycles. The molecular weight excluding hydrogens is 799 g/mol. The zero-order valence-corrected chi connectivity index (χ0v) is 38.3. The summed E-state index contributed by atoms with van der Waals surface area (Å²) in [6, 6.07) is 0. The van der Waals surface area contributed by atoms with Crippen molar-refractivity contribution >= 4 is 13.8 Å². The van der Waals surface area contributed by atoms with Gasteiger partial charge in [-0.1, -0.05) is 151 Å². The fourth-order valence-corrected chi connectivity index (χ4v) is 7.59. The number of aliphatic hydroxyl groups excluding tert-OH is 5. The van der Waals surface area contributed by atoms with Crippen molar-refractivity contribution in [3.63, 3.8) is 0 Å². The van der Waals surface area contributed by atoms with Crippen molar-refractivity contribution < 1.29 is 58.3 Å². The van der Waals surface area contributed by atoms with Gasteiger partial charge in [0, 0.05) is 13.0 Å². The van der Waals surface area contributed by atoms with E-state index < -0.39 is 63.1 Å². The number of hydrogen-bond acceptors (Lipinski definition) is 11. The number of esters is 1. The van der Waals surface area contributed by atoms with E-state index in [0.29, 0.717) is 19.4 Å². The number of carbonyl (C=O) groups excluding carboxylic acids is 1. The summed E-state index contributed by atoms with van der Waals surface area (Å²) in [5.74, 6) is -0.538. The monoisotopic (exact) mass is 883 g/mol. The van der Waals surface area contributed by atoms with Gasteiger partial charge in [0.1, 0.15) is 42.7 Å². The molecule has 352 valence electrons. The number of aliphatic hydroxyl groups is 5. The van der Waals surface area contributed by atoms with E-state index in [0.717, 1.165) is 64.2 Å². The second-order valence-corrected chi connectivity index (χ2v) is 17.3. The summed E-state index contributed by atoms with van der Waals surface area (Å²) in [7, 11) is -5.04. The van der Waals surface area contributed by atoms with Gasteiger partial charge in [-0.2, -0.15) is 0 Å². The third-order valence-corrected chi connectivity index (χ3v) is 11.3. The molecular formula is C48H83O12P. The lowest BCUT2D eigenvalue weighted by molar-refractivity contribution is -0.220. The van der Waals surface area contributed by atoms with Crippen LogP contribution in [0.15, 0.2) is 72.9 Å². The van der Waals surface area contributed by atoms with Crippen LogP contribution in [0.1, 0.15) is 162 Å². The molecule has 1 aliphatic carbocycles. The van der Waals surface area contributed by atoms with E-state index in [4.69, 9.17) is 18.5 Å². The molecule has 6 N–H and O–H groups in total. The second kappa shape index (κ2) is 38.3. The van der Waals surface area contributed by atoms with Crippen LogP contribution >= 0.6 is 7.82 Å². The molecule has 0 amide bonds. The van der Waals surface area contributed by atoms with Gasteiger partial charge >= 0.3 is 13.8 Å². The zero-order valence-electron chi connectivity index (χ0n) is 37.4. The van der Waals surface area contributed by atoms with Crippen molar-refractivity contribution in [1.29, 1.82) is 0 Å². The van der Waals surface area contributed by atoms with Gasteiger partial charge < -0.3 is 39.9 Å². The molecule has 12 nitrogen and oxygen atoms in total. The van der Waals surface area contributed by atoms with Gasteiger partial charge in [-0.25, -0.2) is 4.57 Å². The minimum absolute atomic E-state index is 0.103. The highest BCUT2D eigenvalue weighted by Crippen LogP contribution is 2.47. The Morgan fingerprint density at radius 1 is 0.541 bits per heavy atom. The summed E-state index contributed by atoms with van der Waals surface area (Å²) in [5, 5.41) is 50.2. The first-order valence-corrected chi connectivity index (χ1v) is 24.8. The molecule has 6 atom stereocenters. The highest BCUT2D eigenvalue weighted by molar-refractivity contribution is 7.47. The maximum Gasteiger partial charge on any atom is 0.472 e. The van der Waals surface area contributed by atoms with Crippen LogP contribution in [0.5, 0.6) is 0 Å². The first-order valence-electron chi connectivity index (χ1n) is 23.3. The number of phosphoric ester groups is 1. The summed E-state index contributed by atoms with van der Waals surface area (Å²) in [5.41, 5.74) is 0. The van der Waals surface area contributed by atoms with Crippen LogP contribution in [0.4, 0.5) is 0 Å². The lowest BCUT2D eigenvalue weighted by Gasteiger charge is -2.41. The first kappa shape index (κ1) is 56.8. The van der Waals surface area contributed by atoms with Crippen LogP contribution in [-0.4, -0.2) is 98.9 Å². The lowest BCUT2D eigenvalue weighted by Crippen LogP contribution is -2.64. The number of carbonyl (C=O) groups is 1. The largest absolute Gasteiger partial charge is 0.472 e. The third kappa shape index (κ3) is 30.5. The predicted molar refractivity (Wildman–Crippen MR) is 244 cm³/mol. The van der Waals surface area contributed by atoms with E-state index in [1.165, 1.54) is 64.2 Å². The summed E-state index contributed by atoms with van der Waals surface area (Å²) >= 11 is 0. The maximum atomic E-state index is 12.8. The van der Waals surface area contributed by atoms with Gasteiger partial charge in [0.2, 0.25) is 0 Å². The van der Waals surface area contributed by atoms with Crippen molar-refractivity contribution in [2.24, 2.45) is 0 Å². The highest BCUT2D eigenvalue weighted by atomic mass is 31.2. The Hall–Kier alpha value is -2.22.